The number of aliphatic hydroxyl groups is 1. The van der Waals surface area contributed by atoms with E-state index in [0.29, 0.717) is 5.75 Å². The van der Waals surface area contributed by atoms with Crippen molar-refractivity contribution in [3.63, 3.8) is 0 Å². The van der Waals surface area contributed by atoms with Gasteiger partial charge >= 0.3 is 6.18 Å². The molecule has 0 spiro atoms. The number of alkyl halides is 3. The molecule has 19 heavy (non-hydrogen) atoms. The average Bonchev–Trinajstić information content (AvgIpc) is 2.35. The summed E-state index contributed by atoms with van der Waals surface area (Å²) in [6.45, 7) is -0.808. The summed E-state index contributed by atoms with van der Waals surface area (Å²) >= 11 is 0. The minimum absolute atomic E-state index is 0.0974. The number of benzene rings is 1. The normalized spacial score (nSPS) is 20.8. The van der Waals surface area contributed by atoms with Crippen LogP contribution in [0.4, 0.5) is 13.2 Å². The van der Waals surface area contributed by atoms with Crippen LogP contribution in [0, 0.1) is 0 Å². The van der Waals surface area contributed by atoms with Crippen molar-refractivity contribution < 1.29 is 23.0 Å². The second-order valence-corrected chi connectivity index (χ2v) is 4.73. The summed E-state index contributed by atoms with van der Waals surface area (Å²) in [5.74, 6) is 0.305. The molecule has 0 aromatic heterocycles. The second kappa shape index (κ2) is 5.38. The van der Waals surface area contributed by atoms with Gasteiger partial charge in [-0.15, -0.1) is 0 Å². The first-order valence-corrected chi connectivity index (χ1v) is 6.14. The Morgan fingerprint density at radius 2 is 2.16 bits per heavy atom. The summed E-state index contributed by atoms with van der Waals surface area (Å²) in [4.78, 5) is 0. The SMILES string of the molecule is N[C@H]1CCCc2ccc(OCC(O)C(F)(F)F)cc21. The molecule has 0 bridgehead atoms. The minimum Gasteiger partial charge on any atom is -0.491 e. The highest BCUT2D eigenvalue weighted by molar-refractivity contribution is 5.39. The summed E-state index contributed by atoms with van der Waals surface area (Å²) in [6.07, 6.45) is -4.33. The number of fused-ring (bicyclic) bond motifs is 1. The van der Waals surface area contributed by atoms with Gasteiger partial charge in [0.2, 0.25) is 0 Å². The van der Waals surface area contributed by atoms with E-state index in [1.807, 2.05) is 6.07 Å². The zero-order valence-corrected chi connectivity index (χ0v) is 10.3. The van der Waals surface area contributed by atoms with Gasteiger partial charge in [0.1, 0.15) is 12.4 Å². The third-order valence-corrected chi connectivity index (χ3v) is 3.26. The fraction of sp³-hybridized carbons (Fsp3) is 0.538. The molecule has 2 atom stereocenters. The van der Waals surface area contributed by atoms with Crippen LogP contribution in [0.15, 0.2) is 18.2 Å². The van der Waals surface area contributed by atoms with E-state index in [0.717, 1.165) is 30.4 Å². The van der Waals surface area contributed by atoms with Gasteiger partial charge < -0.3 is 15.6 Å². The minimum atomic E-state index is -4.66. The van der Waals surface area contributed by atoms with E-state index in [1.54, 1.807) is 12.1 Å². The third-order valence-electron chi connectivity index (χ3n) is 3.26. The van der Waals surface area contributed by atoms with E-state index in [4.69, 9.17) is 15.6 Å². The van der Waals surface area contributed by atoms with Crippen molar-refractivity contribution in [2.75, 3.05) is 6.61 Å². The number of hydrogen-bond acceptors (Lipinski definition) is 3. The summed E-state index contributed by atoms with van der Waals surface area (Å²) < 4.78 is 41.4. The van der Waals surface area contributed by atoms with Crippen LogP contribution < -0.4 is 10.5 Å². The summed E-state index contributed by atoms with van der Waals surface area (Å²) in [7, 11) is 0. The maximum atomic E-state index is 12.1. The monoisotopic (exact) mass is 275 g/mol. The molecular formula is C13H16F3NO2. The zero-order chi connectivity index (χ0) is 14.0. The lowest BCUT2D eigenvalue weighted by atomic mass is 9.88. The van der Waals surface area contributed by atoms with Crippen molar-refractivity contribution in [1.82, 2.24) is 0 Å². The molecule has 0 amide bonds. The van der Waals surface area contributed by atoms with Crippen LogP contribution in [0.2, 0.25) is 0 Å². The molecule has 0 aliphatic heterocycles. The molecule has 0 saturated heterocycles. The number of ether oxygens (including phenoxy) is 1. The van der Waals surface area contributed by atoms with Gasteiger partial charge in [0.25, 0.3) is 0 Å². The van der Waals surface area contributed by atoms with Gasteiger partial charge in [0.15, 0.2) is 6.10 Å². The van der Waals surface area contributed by atoms with Crippen LogP contribution in [0.5, 0.6) is 5.75 Å². The number of halogens is 3. The van der Waals surface area contributed by atoms with Crippen molar-refractivity contribution in [1.29, 1.82) is 0 Å². The van der Waals surface area contributed by atoms with Gasteiger partial charge in [-0.25, -0.2) is 0 Å². The molecule has 0 saturated carbocycles. The Morgan fingerprint density at radius 3 is 2.84 bits per heavy atom. The Morgan fingerprint density at radius 1 is 1.42 bits per heavy atom. The first kappa shape index (κ1) is 14.1. The topological polar surface area (TPSA) is 55.5 Å². The van der Waals surface area contributed by atoms with Crippen molar-refractivity contribution in [2.45, 2.75) is 37.6 Å². The van der Waals surface area contributed by atoms with E-state index in [9.17, 15) is 13.2 Å². The number of aliphatic hydroxyl groups excluding tert-OH is 1. The van der Waals surface area contributed by atoms with Gasteiger partial charge in [-0.2, -0.15) is 13.2 Å². The maximum absolute atomic E-state index is 12.1. The van der Waals surface area contributed by atoms with Gasteiger partial charge in [0, 0.05) is 6.04 Å². The van der Waals surface area contributed by atoms with Crippen molar-refractivity contribution >= 4 is 0 Å². The molecular weight excluding hydrogens is 259 g/mol. The van der Waals surface area contributed by atoms with E-state index < -0.39 is 18.9 Å². The highest BCUT2D eigenvalue weighted by Crippen LogP contribution is 2.31. The number of rotatable bonds is 3. The maximum Gasteiger partial charge on any atom is 0.417 e. The lowest BCUT2D eigenvalue weighted by molar-refractivity contribution is -0.210. The van der Waals surface area contributed by atoms with E-state index in [-0.39, 0.29) is 6.04 Å². The second-order valence-electron chi connectivity index (χ2n) is 4.73. The van der Waals surface area contributed by atoms with E-state index in [1.165, 1.54) is 0 Å². The van der Waals surface area contributed by atoms with Crippen LogP contribution in [0.3, 0.4) is 0 Å². The fourth-order valence-electron chi connectivity index (χ4n) is 2.17. The van der Waals surface area contributed by atoms with Crippen LogP contribution in [-0.4, -0.2) is 24.0 Å². The fourth-order valence-corrected chi connectivity index (χ4v) is 2.17. The molecule has 1 unspecified atom stereocenters. The van der Waals surface area contributed by atoms with Crippen molar-refractivity contribution in [3.05, 3.63) is 29.3 Å². The molecule has 1 aromatic rings. The number of aryl methyl sites for hydroxylation is 1. The first-order valence-electron chi connectivity index (χ1n) is 6.14. The highest BCUT2D eigenvalue weighted by atomic mass is 19.4. The molecule has 0 heterocycles. The molecule has 6 heteroatoms. The Hall–Kier alpha value is -1.27. The van der Waals surface area contributed by atoms with Crippen molar-refractivity contribution in [3.8, 4) is 5.75 Å². The Bertz CT molecular complexity index is 448. The standard InChI is InChI=1S/C13H16F3NO2/c14-13(15,16)12(18)7-19-9-5-4-8-2-1-3-11(17)10(8)6-9/h4-6,11-12,18H,1-3,7,17H2/t11-,12?/m0/s1. The predicted octanol–water partition coefficient (Wildman–Crippen LogP) is 2.32. The van der Waals surface area contributed by atoms with Gasteiger partial charge in [-0.05, 0) is 42.5 Å². The summed E-state index contributed by atoms with van der Waals surface area (Å²) in [5.41, 5.74) is 7.99. The Labute approximate surface area is 109 Å². The molecule has 1 aliphatic carbocycles. The summed E-state index contributed by atoms with van der Waals surface area (Å²) in [6, 6.07) is 5.01. The molecule has 0 fully saturated rings. The first-order chi connectivity index (χ1) is 8.88. The van der Waals surface area contributed by atoms with Crippen LogP contribution >= 0.6 is 0 Å². The summed E-state index contributed by atoms with van der Waals surface area (Å²) in [5, 5.41) is 8.86. The highest BCUT2D eigenvalue weighted by Gasteiger charge is 2.38. The Kier molecular flexibility index (Phi) is 4.01. The molecule has 1 aromatic carbocycles. The number of nitrogens with two attached hydrogens (primary N) is 1. The van der Waals surface area contributed by atoms with E-state index in [2.05, 4.69) is 0 Å². The number of hydrogen-bond donors (Lipinski definition) is 2. The lowest BCUT2D eigenvalue weighted by Crippen LogP contribution is -2.34. The Balaban J connectivity index is 2.04. The molecule has 3 N–H and O–H groups in total. The lowest BCUT2D eigenvalue weighted by Gasteiger charge is -2.23. The van der Waals surface area contributed by atoms with Crippen molar-refractivity contribution in [2.24, 2.45) is 5.73 Å². The van der Waals surface area contributed by atoms with Gasteiger partial charge in [-0.3, -0.25) is 0 Å². The van der Waals surface area contributed by atoms with Crippen LogP contribution in [0.25, 0.3) is 0 Å². The van der Waals surface area contributed by atoms with Crippen LogP contribution in [0.1, 0.15) is 30.0 Å². The smallest absolute Gasteiger partial charge is 0.417 e. The van der Waals surface area contributed by atoms with E-state index >= 15 is 0 Å². The molecule has 2 rings (SSSR count). The molecule has 0 radical (unpaired) electrons. The molecule has 106 valence electrons. The van der Waals surface area contributed by atoms with Gasteiger partial charge in [-0.1, -0.05) is 6.07 Å². The third kappa shape index (κ3) is 3.39. The zero-order valence-electron chi connectivity index (χ0n) is 10.3. The largest absolute Gasteiger partial charge is 0.491 e. The van der Waals surface area contributed by atoms with Crippen LogP contribution in [-0.2, 0) is 6.42 Å². The average molecular weight is 275 g/mol. The quantitative estimate of drug-likeness (QED) is 0.890. The predicted molar refractivity (Wildman–Crippen MR) is 63.9 cm³/mol. The van der Waals surface area contributed by atoms with Gasteiger partial charge in [0.05, 0.1) is 0 Å². The molecule has 1 aliphatic rings. The molecule has 3 nitrogen and oxygen atoms in total.